The average molecular weight is 397 g/mol. The Morgan fingerprint density at radius 3 is 2.50 bits per heavy atom. The Balaban J connectivity index is 2.47. The van der Waals surface area contributed by atoms with Crippen molar-refractivity contribution in [3.63, 3.8) is 0 Å². The number of ether oxygens (including phenoxy) is 1. The Hall–Kier alpha value is -2.06. The Morgan fingerprint density at radius 1 is 1.31 bits per heavy atom. The van der Waals surface area contributed by atoms with Crippen LogP contribution >= 0.6 is 8.58 Å². The fraction of sp³-hybridized carbons (Fsp3) is 0.250. The number of sulfonamides is 1. The van der Waals surface area contributed by atoms with E-state index < -0.39 is 21.7 Å². The van der Waals surface area contributed by atoms with Gasteiger partial charge in [0.2, 0.25) is 10.0 Å². The van der Waals surface area contributed by atoms with Crippen molar-refractivity contribution in [2.24, 2.45) is 0 Å². The molecule has 0 saturated heterocycles. The number of hydrogen-bond donors (Lipinski definition) is 2. The van der Waals surface area contributed by atoms with E-state index in [4.69, 9.17) is 9.94 Å². The van der Waals surface area contributed by atoms with Crippen LogP contribution in [0.25, 0.3) is 0 Å². The van der Waals surface area contributed by atoms with Crippen LogP contribution in [-0.2, 0) is 21.4 Å². The fourth-order valence-electron chi connectivity index (χ4n) is 2.32. The van der Waals surface area contributed by atoms with Gasteiger partial charge in [0.25, 0.3) is 5.91 Å². The molecule has 26 heavy (non-hydrogen) atoms. The molecule has 1 heterocycles. The summed E-state index contributed by atoms with van der Waals surface area (Å²) in [5.41, 5.74) is 2.03. The summed E-state index contributed by atoms with van der Waals surface area (Å²) in [6.45, 7) is 1.59. The molecule has 1 unspecified atom stereocenters. The normalized spacial score (nSPS) is 13.1. The van der Waals surface area contributed by atoms with Crippen LogP contribution in [0.15, 0.2) is 53.6 Å². The van der Waals surface area contributed by atoms with E-state index in [0.29, 0.717) is 11.4 Å². The Labute approximate surface area is 154 Å². The number of carbonyl (C=O) groups excluding carboxylic acids is 1. The summed E-state index contributed by atoms with van der Waals surface area (Å²) in [4.78, 5) is 16.2. The van der Waals surface area contributed by atoms with Crippen molar-refractivity contribution in [2.45, 2.75) is 17.2 Å². The van der Waals surface area contributed by atoms with Crippen molar-refractivity contribution in [1.29, 1.82) is 0 Å². The van der Waals surface area contributed by atoms with Gasteiger partial charge in [0, 0.05) is 6.20 Å². The van der Waals surface area contributed by atoms with Crippen LogP contribution in [0, 0.1) is 0 Å². The Kier molecular flexibility index (Phi) is 7.05. The first-order valence-corrected chi connectivity index (χ1v) is 10.6. The maximum atomic E-state index is 13.2. The number of nitrogens with one attached hydrogen (secondary N) is 1. The van der Waals surface area contributed by atoms with Gasteiger partial charge < -0.3 is 4.74 Å². The van der Waals surface area contributed by atoms with Gasteiger partial charge in [-0.25, -0.2) is 13.9 Å². The summed E-state index contributed by atoms with van der Waals surface area (Å²) >= 11 is 0. The summed E-state index contributed by atoms with van der Waals surface area (Å²) < 4.78 is 32.4. The highest BCUT2D eigenvalue weighted by Crippen LogP contribution is 2.29. The molecule has 2 rings (SSSR count). The molecule has 1 amide bonds. The Morgan fingerprint density at radius 2 is 2.00 bits per heavy atom. The molecular weight excluding hydrogens is 377 g/mol. The van der Waals surface area contributed by atoms with Gasteiger partial charge in [-0.2, -0.15) is 4.31 Å². The monoisotopic (exact) mass is 397 g/mol. The van der Waals surface area contributed by atoms with Gasteiger partial charge in [0.15, 0.2) is 0 Å². The molecule has 0 aliphatic rings. The first-order valence-electron chi connectivity index (χ1n) is 7.61. The van der Waals surface area contributed by atoms with Gasteiger partial charge in [-0.3, -0.25) is 15.0 Å². The largest absolute Gasteiger partial charge is 0.497 e. The summed E-state index contributed by atoms with van der Waals surface area (Å²) in [6, 6.07) is 11.0. The quantitative estimate of drug-likeness (QED) is 0.396. The molecule has 0 bridgehead atoms. The van der Waals surface area contributed by atoms with Crippen molar-refractivity contribution < 1.29 is 23.2 Å². The molecule has 1 aromatic heterocycles. The van der Waals surface area contributed by atoms with Gasteiger partial charge in [0.1, 0.15) is 11.5 Å². The molecule has 0 radical (unpaired) electrons. The van der Waals surface area contributed by atoms with Crippen molar-refractivity contribution in [3.05, 3.63) is 54.4 Å². The summed E-state index contributed by atoms with van der Waals surface area (Å²) in [5.74, 6) is -1.34. The second kappa shape index (κ2) is 9.05. The molecule has 8 nitrogen and oxygen atoms in total. The molecular formula is C16H20N3O5PS. The van der Waals surface area contributed by atoms with E-state index >= 15 is 0 Å². The molecule has 0 aliphatic carbocycles. The smallest absolute Gasteiger partial charge is 0.265 e. The number of carbonyl (C=O) groups is 1. The van der Waals surface area contributed by atoms with Crippen LogP contribution in [0.3, 0.4) is 0 Å². The number of nitrogens with zero attached hydrogens (tertiary/aromatic N) is 2. The van der Waals surface area contributed by atoms with E-state index in [1.54, 1.807) is 36.5 Å². The summed E-state index contributed by atoms with van der Waals surface area (Å²) in [7, 11) is -2.63. The first kappa shape index (κ1) is 20.3. The lowest BCUT2D eigenvalue weighted by Gasteiger charge is -2.28. The molecule has 1 aromatic carbocycles. The number of pyridine rings is 1. The maximum Gasteiger partial charge on any atom is 0.265 e. The van der Waals surface area contributed by atoms with E-state index in [2.05, 4.69) is 4.98 Å². The minimum absolute atomic E-state index is 0.0169. The standard InChI is InChI=1S/C16H20N3O5PS/c1-24-13-6-8-14(9-7-13)26(22,23)19(16(25-2)15(20)18-21)11-12-5-3-4-10-17-12/h3-10,16,21,25H,11H2,1-2H3,(H,18,20)/t16-/m1/s1. The van der Waals surface area contributed by atoms with E-state index in [0.717, 1.165) is 4.31 Å². The van der Waals surface area contributed by atoms with Gasteiger partial charge >= 0.3 is 0 Å². The Bertz CT molecular complexity index is 831. The van der Waals surface area contributed by atoms with E-state index in [1.807, 2.05) is 0 Å². The number of hydrogen-bond acceptors (Lipinski definition) is 6. The lowest BCUT2D eigenvalue weighted by atomic mass is 10.3. The SMILES string of the molecule is COc1ccc(S(=O)(=O)N(Cc2ccccn2)[C@H](PC)C(=O)NO)cc1. The third kappa shape index (κ3) is 4.56. The second-order valence-corrected chi connectivity index (χ2v) is 8.23. The lowest BCUT2D eigenvalue weighted by Crippen LogP contribution is -2.46. The fourth-order valence-corrected chi connectivity index (χ4v) is 5.18. The molecule has 140 valence electrons. The highest BCUT2D eigenvalue weighted by molar-refractivity contribution is 7.89. The van der Waals surface area contributed by atoms with Crippen LogP contribution < -0.4 is 10.2 Å². The lowest BCUT2D eigenvalue weighted by molar-refractivity contribution is -0.130. The minimum Gasteiger partial charge on any atom is -0.497 e. The van der Waals surface area contributed by atoms with E-state index in [1.165, 1.54) is 31.4 Å². The predicted octanol–water partition coefficient (Wildman–Crippen LogP) is 1.42. The predicted molar refractivity (Wildman–Crippen MR) is 97.9 cm³/mol. The first-order chi connectivity index (χ1) is 12.4. The average Bonchev–Trinajstić information content (AvgIpc) is 2.68. The van der Waals surface area contributed by atoms with Crippen molar-refractivity contribution in [1.82, 2.24) is 14.8 Å². The van der Waals surface area contributed by atoms with Crippen molar-refractivity contribution in [3.8, 4) is 5.75 Å². The molecule has 0 spiro atoms. The molecule has 2 aromatic rings. The van der Waals surface area contributed by atoms with E-state index in [-0.39, 0.29) is 20.0 Å². The van der Waals surface area contributed by atoms with Crippen LogP contribution in [0.4, 0.5) is 0 Å². The van der Waals surface area contributed by atoms with Gasteiger partial charge in [-0.15, -0.1) is 0 Å². The number of methoxy groups -OCH3 is 1. The molecule has 0 saturated carbocycles. The second-order valence-electron chi connectivity index (χ2n) is 5.21. The van der Waals surface area contributed by atoms with Crippen LogP contribution in [0.1, 0.15) is 5.69 Å². The van der Waals surface area contributed by atoms with Gasteiger partial charge in [-0.05, 0) is 43.1 Å². The zero-order chi connectivity index (χ0) is 19.2. The van der Waals surface area contributed by atoms with Crippen LogP contribution in [-0.4, -0.2) is 48.4 Å². The minimum atomic E-state index is -4.02. The summed E-state index contributed by atoms with van der Waals surface area (Å²) in [5, 5.41) is 9.01. The topological polar surface area (TPSA) is 109 Å². The highest BCUT2D eigenvalue weighted by atomic mass is 32.2. The molecule has 2 N–H and O–H groups in total. The zero-order valence-corrected chi connectivity index (χ0v) is 16.1. The highest BCUT2D eigenvalue weighted by Gasteiger charge is 2.35. The third-order valence-corrected chi connectivity index (χ3v) is 6.76. The van der Waals surface area contributed by atoms with Crippen LogP contribution in [0.2, 0.25) is 0 Å². The molecule has 0 fully saturated rings. The maximum absolute atomic E-state index is 13.2. The number of aromatic nitrogens is 1. The third-order valence-electron chi connectivity index (χ3n) is 3.63. The number of benzene rings is 1. The molecule has 0 aliphatic heterocycles. The van der Waals surface area contributed by atoms with Gasteiger partial charge in [-0.1, -0.05) is 14.6 Å². The zero-order valence-electron chi connectivity index (χ0n) is 14.3. The summed E-state index contributed by atoms with van der Waals surface area (Å²) in [6.07, 6.45) is 1.54. The number of rotatable bonds is 8. The van der Waals surface area contributed by atoms with Crippen molar-refractivity contribution >= 4 is 24.5 Å². The van der Waals surface area contributed by atoms with Gasteiger partial charge in [0.05, 0.1) is 24.2 Å². The van der Waals surface area contributed by atoms with Crippen LogP contribution in [0.5, 0.6) is 5.75 Å². The number of hydroxylamine groups is 1. The van der Waals surface area contributed by atoms with Crippen molar-refractivity contribution in [2.75, 3.05) is 13.8 Å². The number of amides is 1. The van der Waals surface area contributed by atoms with E-state index in [9.17, 15) is 13.2 Å². The molecule has 2 atom stereocenters. The molecule has 10 heteroatoms.